The molecule has 0 saturated heterocycles. The zero-order valence-corrected chi connectivity index (χ0v) is 19.3. The lowest BCUT2D eigenvalue weighted by Gasteiger charge is -2.17. The van der Waals surface area contributed by atoms with Gasteiger partial charge in [0.05, 0.1) is 29.1 Å². The molecule has 1 amide bonds. The monoisotopic (exact) mass is 502 g/mol. The van der Waals surface area contributed by atoms with E-state index in [0.29, 0.717) is 37.1 Å². The lowest BCUT2D eigenvalue weighted by atomic mass is 9.91. The number of hydrogen-bond donors (Lipinski definition) is 1. The van der Waals surface area contributed by atoms with E-state index < -0.39 is 5.92 Å². The Hall–Kier alpha value is -2.52. The number of benzene rings is 3. The summed E-state index contributed by atoms with van der Waals surface area (Å²) in [5.41, 5.74) is 3.19. The van der Waals surface area contributed by atoms with Crippen LogP contribution >= 0.6 is 39.1 Å². The van der Waals surface area contributed by atoms with Crippen LogP contribution in [-0.2, 0) is 0 Å². The van der Waals surface area contributed by atoms with Gasteiger partial charge in [0, 0.05) is 15.7 Å². The van der Waals surface area contributed by atoms with Crippen LogP contribution in [0.1, 0.15) is 33.0 Å². The number of nitrogens with zero attached hydrogens (tertiary/aromatic N) is 1. The summed E-state index contributed by atoms with van der Waals surface area (Å²) in [7, 11) is 1.51. The molecule has 0 saturated carbocycles. The molecule has 0 spiro atoms. The van der Waals surface area contributed by atoms with Crippen molar-refractivity contribution in [1.82, 2.24) is 0 Å². The minimum absolute atomic E-state index is 0.324. The Labute approximate surface area is 193 Å². The Balaban J connectivity index is 1.93. The fourth-order valence-electron chi connectivity index (χ4n) is 3.12. The summed E-state index contributed by atoms with van der Waals surface area (Å²) in [6.45, 7) is 1.85. The molecule has 0 aliphatic carbocycles. The smallest absolute Gasteiger partial charge is 0.259 e. The molecule has 3 rings (SSSR count). The third-order valence-electron chi connectivity index (χ3n) is 4.65. The molecule has 0 aliphatic heterocycles. The molecule has 1 unspecified atom stereocenters. The second-order valence-corrected chi connectivity index (χ2v) is 8.28. The molecule has 1 N–H and O–H groups in total. The van der Waals surface area contributed by atoms with E-state index in [2.05, 4.69) is 27.3 Å². The van der Waals surface area contributed by atoms with E-state index in [-0.39, 0.29) is 5.91 Å². The van der Waals surface area contributed by atoms with Crippen LogP contribution in [0.4, 0.5) is 5.69 Å². The van der Waals surface area contributed by atoms with Crippen LogP contribution in [0.5, 0.6) is 5.75 Å². The van der Waals surface area contributed by atoms with Gasteiger partial charge in [-0.25, -0.2) is 0 Å². The SMILES string of the molecule is COc1c(Br)cccc1C(=O)Nc1cc(Cl)c(C(C#N)c2ccc(Cl)cc2)cc1C. The molecular formula is C23H17BrCl2N2O2. The van der Waals surface area contributed by atoms with E-state index in [1.54, 1.807) is 48.5 Å². The van der Waals surface area contributed by atoms with Gasteiger partial charge in [-0.2, -0.15) is 5.26 Å². The first-order valence-corrected chi connectivity index (χ1v) is 10.5. The Morgan fingerprint density at radius 1 is 1.17 bits per heavy atom. The lowest BCUT2D eigenvalue weighted by molar-refractivity contribution is 0.102. The topological polar surface area (TPSA) is 62.1 Å². The maximum Gasteiger partial charge on any atom is 0.259 e. The van der Waals surface area contributed by atoms with Gasteiger partial charge in [-0.15, -0.1) is 0 Å². The highest BCUT2D eigenvalue weighted by Crippen LogP contribution is 2.35. The number of anilines is 1. The zero-order chi connectivity index (χ0) is 21.8. The average Bonchev–Trinajstić information content (AvgIpc) is 2.73. The maximum atomic E-state index is 12.8. The highest BCUT2D eigenvalue weighted by Gasteiger charge is 2.20. The summed E-state index contributed by atoms with van der Waals surface area (Å²) in [6, 6.07) is 18.1. The third-order valence-corrected chi connectivity index (χ3v) is 5.85. The first-order chi connectivity index (χ1) is 14.3. The van der Waals surface area contributed by atoms with Gasteiger partial charge in [0.2, 0.25) is 0 Å². The van der Waals surface area contributed by atoms with Gasteiger partial charge in [0.25, 0.3) is 5.91 Å². The van der Waals surface area contributed by atoms with Crippen LogP contribution in [0.2, 0.25) is 10.0 Å². The van der Waals surface area contributed by atoms with Crippen molar-refractivity contribution in [1.29, 1.82) is 5.26 Å². The van der Waals surface area contributed by atoms with Crippen molar-refractivity contribution in [2.75, 3.05) is 12.4 Å². The number of nitrogens with one attached hydrogen (secondary N) is 1. The Morgan fingerprint density at radius 2 is 1.87 bits per heavy atom. The predicted molar refractivity (Wildman–Crippen MR) is 124 cm³/mol. The number of halogens is 3. The van der Waals surface area contributed by atoms with Crippen LogP contribution in [0, 0.1) is 18.3 Å². The first kappa shape index (κ1) is 22.2. The zero-order valence-electron chi connectivity index (χ0n) is 16.2. The van der Waals surface area contributed by atoms with Gasteiger partial charge in [-0.05, 0) is 69.9 Å². The number of methoxy groups -OCH3 is 1. The number of carbonyl (C=O) groups is 1. The number of nitriles is 1. The van der Waals surface area contributed by atoms with Gasteiger partial charge in [-0.1, -0.05) is 47.5 Å². The van der Waals surface area contributed by atoms with Crippen molar-refractivity contribution in [3.8, 4) is 11.8 Å². The minimum Gasteiger partial charge on any atom is -0.495 e. The van der Waals surface area contributed by atoms with Crippen molar-refractivity contribution in [2.24, 2.45) is 0 Å². The van der Waals surface area contributed by atoms with Gasteiger partial charge >= 0.3 is 0 Å². The molecule has 30 heavy (non-hydrogen) atoms. The number of hydrogen-bond acceptors (Lipinski definition) is 3. The molecular weight excluding hydrogens is 487 g/mol. The number of amides is 1. The van der Waals surface area contributed by atoms with Crippen LogP contribution < -0.4 is 10.1 Å². The molecule has 7 heteroatoms. The largest absolute Gasteiger partial charge is 0.495 e. The fraction of sp³-hybridized carbons (Fsp3) is 0.130. The van der Waals surface area contributed by atoms with E-state index in [4.69, 9.17) is 27.9 Å². The molecule has 1 atom stereocenters. The molecule has 0 fully saturated rings. The van der Waals surface area contributed by atoms with E-state index >= 15 is 0 Å². The second kappa shape index (κ2) is 9.53. The van der Waals surface area contributed by atoms with E-state index in [1.807, 2.05) is 13.0 Å². The van der Waals surface area contributed by atoms with Crippen LogP contribution in [0.3, 0.4) is 0 Å². The highest BCUT2D eigenvalue weighted by atomic mass is 79.9. The van der Waals surface area contributed by atoms with Gasteiger partial charge < -0.3 is 10.1 Å². The van der Waals surface area contributed by atoms with Crippen molar-refractivity contribution in [2.45, 2.75) is 12.8 Å². The van der Waals surface area contributed by atoms with Crippen molar-refractivity contribution in [3.63, 3.8) is 0 Å². The van der Waals surface area contributed by atoms with Gasteiger partial charge in [0.1, 0.15) is 5.75 Å². The molecule has 0 radical (unpaired) electrons. The fourth-order valence-corrected chi connectivity index (χ4v) is 4.05. The summed E-state index contributed by atoms with van der Waals surface area (Å²) in [6.07, 6.45) is 0. The standard InChI is InChI=1S/C23H17BrCl2N2O2/c1-13-10-17(18(12-27)14-6-8-15(25)9-7-14)20(26)11-21(13)28-23(29)16-4-3-5-19(24)22(16)30-2/h3-11,18H,1-2H3,(H,28,29). The summed E-state index contributed by atoms with van der Waals surface area (Å²) in [5, 5.41) is 13.6. The summed E-state index contributed by atoms with van der Waals surface area (Å²) >= 11 is 15.8. The Kier molecular flexibility index (Phi) is 7.04. The number of rotatable bonds is 5. The molecule has 3 aromatic rings. The van der Waals surface area contributed by atoms with Crippen LogP contribution in [0.15, 0.2) is 59.1 Å². The normalized spacial score (nSPS) is 11.5. The van der Waals surface area contributed by atoms with Crippen LogP contribution in [-0.4, -0.2) is 13.0 Å². The quantitative estimate of drug-likeness (QED) is 0.408. The Bertz CT molecular complexity index is 1140. The summed E-state index contributed by atoms with van der Waals surface area (Å²) in [5.74, 6) is -0.430. The molecule has 3 aromatic carbocycles. The molecule has 0 bridgehead atoms. The molecule has 4 nitrogen and oxygen atoms in total. The van der Waals surface area contributed by atoms with Crippen molar-refractivity contribution >= 4 is 50.7 Å². The van der Waals surface area contributed by atoms with Gasteiger partial charge in [0.15, 0.2) is 0 Å². The maximum absolute atomic E-state index is 12.8. The molecule has 0 aromatic heterocycles. The number of ether oxygens (including phenoxy) is 1. The average molecular weight is 504 g/mol. The lowest BCUT2D eigenvalue weighted by Crippen LogP contribution is -2.14. The van der Waals surface area contributed by atoms with E-state index in [9.17, 15) is 10.1 Å². The third kappa shape index (κ3) is 4.62. The molecule has 0 heterocycles. The summed E-state index contributed by atoms with van der Waals surface area (Å²) in [4.78, 5) is 12.8. The van der Waals surface area contributed by atoms with Gasteiger partial charge in [-0.3, -0.25) is 4.79 Å². The van der Waals surface area contributed by atoms with Crippen molar-refractivity contribution < 1.29 is 9.53 Å². The summed E-state index contributed by atoms with van der Waals surface area (Å²) < 4.78 is 6.02. The highest BCUT2D eigenvalue weighted by molar-refractivity contribution is 9.10. The van der Waals surface area contributed by atoms with Crippen LogP contribution in [0.25, 0.3) is 0 Å². The van der Waals surface area contributed by atoms with E-state index in [0.717, 1.165) is 11.1 Å². The van der Waals surface area contributed by atoms with E-state index in [1.165, 1.54) is 7.11 Å². The number of carbonyl (C=O) groups excluding carboxylic acids is 1. The first-order valence-electron chi connectivity index (χ1n) is 8.94. The number of aryl methyl sites for hydroxylation is 1. The van der Waals surface area contributed by atoms with Crippen molar-refractivity contribution in [3.05, 3.63) is 91.4 Å². The Morgan fingerprint density at radius 3 is 2.50 bits per heavy atom. The molecule has 0 aliphatic rings. The molecule has 152 valence electrons. The predicted octanol–water partition coefficient (Wildman–Crippen LogP) is 6.98. The second-order valence-electron chi connectivity index (χ2n) is 6.58. The minimum atomic E-state index is -0.552. The number of para-hydroxylation sites is 1.